The number of Topliss-reactive ketones (excluding diaryl/α,β-unsaturated/α-hetero) is 1. The topological polar surface area (TPSA) is 59.8 Å². The Hall–Kier alpha value is -1.23. The van der Waals surface area contributed by atoms with Gasteiger partial charge < -0.3 is 5.32 Å². The zero-order valence-corrected chi connectivity index (χ0v) is 10.6. The van der Waals surface area contributed by atoms with E-state index in [1.807, 2.05) is 6.92 Å². The van der Waals surface area contributed by atoms with Gasteiger partial charge >= 0.3 is 0 Å². The first-order chi connectivity index (χ1) is 8.22. The average Bonchev–Trinajstić information content (AvgIpc) is 2.97. The molecule has 94 valence electrons. The van der Waals surface area contributed by atoms with E-state index in [0.717, 1.165) is 38.3 Å². The van der Waals surface area contributed by atoms with E-state index in [1.165, 1.54) is 6.33 Å². The van der Waals surface area contributed by atoms with Crippen LogP contribution in [0.2, 0.25) is 0 Å². The van der Waals surface area contributed by atoms with Crippen molar-refractivity contribution in [1.82, 2.24) is 20.1 Å². The van der Waals surface area contributed by atoms with Gasteiger partial charge in [0.15, 0.2) is 0 Å². The summed E-state index contributed by atoms with van der Waals surface area (Å²) in [4.78, 5) is 16.6. The average molecular weight is 236 g/mol. The number of hydrogen-bond acceptors (Lipinski definition) is 4. The maximum atomic E-state index is 12.4. The summed E-state index contributed by atoms with van der Waals surface area (Å²) in [5.41, 5.74) is -0.176. The molecule has 17 heavy (non-hydrogen) atoms. The quantitative estimate of drug-likeness (QED) is 0.821. The number of aryl methyl sites for hydroxylation is 1. The summed E-state index contributed by atoms with van der Waals surface area (Å²) < 4.78 is 1.80. The van der Waals surface area contributed by atoms with Crippen LogP contribution in [-0.2, 0) is 17.8 Å². The van der Waals surface area contributed by atoms with Crippen molar-refractivity contribution < 1.29 is 4.79 Å². The first-order valence-electron chi connectivity index (χ1n) is 6.32. The van der Waals surface area contributed by atoms with Crippen LogP contribution in [-0.4, -0.2) is 33.6 Å². The van der Waals surface area contributed by atoms with Crippen LogP contribution >= 0.6 is 0 Å². The molecule has 1 aliphatic rings. The molecule has 0 radical (unpaired) electrons. The van der Waals surface area contributed by atoms with Crippen LogP contribution in [0.4, 0.5) is 0 Å². The largest absolute Gasteiger partial charge is 0.316 e. The first kappa shape index (κ1) is 12.2. The molecule has 0 amide bonds. The number of hydrogen-bond donors (Lipinski definition) is 1. The van der Waals surface area contributed by atoms with Crippen molar-refractivity contribution in [2.24, 2.45) is 5.41 Å². The molecular weight excluding hydrogens is 216 g/mol. The van der Waals surface area contributed by atoms with E-state index >= 15 is 0 Å². The van der Waals surface area contributed by atoms with E-state index in [0.29, 0.717) is 12.2 Å². The molecule has 0 spiro atoms. The summed E-state index contributed by atoms with van der Waals surface area (Å²) in [5, 5.41) is 7.39. The van der Waals surface area contributed by atoms with Crippen molar-refractivity contribution in [3.63, 3.8) is 0 Å². The van der Waals surface area contributed by atoms with E-state index in [1.54, 1.807) is 4.68 Å². The number of rotatable bonds is 5. The molecule has 1 N–H and O–H groups in total. The van der Waals surface area contributed by atoms with Crippen LogP contribution < -0.4 is 5.32 Å². The maximum absolute atomic E-state index is 12.4. The number of carbonyl (C=O) groups is 1. The molecule has 1 aromatic rings. The Balaban J connectivity index is 2.10. The second-order valence-corrected chi connectivity index (χ2v) is 4.65. The third kappa shape index (κ3) is 2.24. The van der Waals surface area contributed by atoms with E-state index in [-0.39, 0.29) is 5.41 Å². The molecule has 1 atom stereocenters. The zero-order valence-electron chi connectivity index (χ0n) is 10.6. The van der Waals surface area contributed by atoms with Crippen molar-refractivity contribution in [1.29, 1.82) is 0 Å². The molecule has 1 unspecified atom stereocenters. The van der Waals surface area contributed by atoms with Crippen molar-refractivity contribution in [3.8, 4) is 0 Å². The lowest BCUT2D eigenvalue weighted by Gasteiger charge is -2.24. The van der Waals surface area contributed by atoms with Crippen LogP contribution in [0.5, 0.6) is 0 Å². The molecule has 1 fully saturated rings. The van der Waals surface area contributed by atoms with Gasteiger partial charge in [-0.1, -0.05) is 6.92 Å². The van der Waals surface area contributed by atoms with E-state index in [9.17, 15) is 4.79 Å². The molecule has 0 aromatic carbocycles. The molecule has 2 rings (SSSR count). The summed E-state index contributed by atoms with van der Waals surface area (Å²) in [5.74, 6) is 1.09. The van der Waals surface area contributed by atoms with Gasteiger partial charge in [-0.2, -0.15) is 5.10 Å². The molecule has 0 bridgehead atoms. The monoisotopic (exact) mass is 236 g/mol. The number of nitrogens with zero attached hydrogens (tertiary/aromatic N) is 3. The van der Waals surface area contributed by atoms with Gasteiger partial charge in [0.1, 0.15) is 17.9 Å². The third-order valence-electron chi connectivity index (χ3n) is 3.83. The van der Waals surface area contributed by atoms with Gasteiger partial charge in [-0.25, -0.2) is 9.67 Å². The Morgan fingerprint density at radius 3 is 3.00 bits per heavy atom. The fraction of sp³-hybridized carbons (Fsp3) is 0.750. The van der Waals surface area contributed by atoms with Crippen LogP contribution in [0.15, 0.2) is 6.33 Å². The summed E-state index contributed by atoms with van der Waals surface area (Å²) in [6.45, 7) is 6.62. The lowest BCUT2D eigenvalue weighted by molar-refractivity contribution is -0.127. The maximum Gasteiger partial charge on any atom is 0.147 e. The number of aromatic nitrogens is 3. The second-order valence-electron chi connectivity index (χ2n) is 4.65. The van der Waals surface area contributed by atoms with Crippen molar-refractivity contribution in [2.45, 2.75) is 39.7 Å². The SMILES string of the molecule is CCn1ncnc1CC(=O)C1(CC)CCNC1. The van der Waals surface area contributed by atoms with Crippen LogP contribution in [0.3, 0.4) is 0 Å². The van der Waals surface area contributed by atoms with Gasteiger partial charge in [-0.3, -0.25) is 4.79 Å². The first-order valence-corrected chi connectivity index (χ1v) is 6.32. The van der Waals surface area contributed by atoms with Crippen molar-refractivity contribution in [2.75, 3.05) is 13.1 Å². The summed E-state index contributed by atoms with van der Waals surface area (Å²) in [6, 6.07) is 0. The van der Waals surface area contributed by atoms with Crippen molar-refractivity contribution in [3.05, 3.63) is 12.2 Å². The highest BCUT2D eigenvalue weighted by atomic mass is 16.1. The molecule has 0 aliphatic carbocycles. The van der Waals surface area contributed by atoms with Gasteiger partial charge in [-0.05, 0) is 26.3 Å². The highest BCUT2D eigenvalue weighted by Crippen LogP contribution is 2.31. The predicted octanol–water partition coefficient (Wildman–Crippen LogP) is 0.799. The standard InChI is InChI=1S/C12H20N4O/c1-3-12(5-6-13-8-12)10(17)7-11-14-9-15-16(11)4-2/h9,13H,3-8H2,1-2H3. The molecule has 5 heteroatoms. The Morgan fingerprint density at radius 2 is 2.41 bits per heavy atom. The molecule has 0 saturated carbocycles. The van der Waals surface area contributed by atoms with E-state index in [2.05, 4.69) is 22.3 Å². The van der Waals surface area contributed by atoms with Crippen molar-refractivity contribution >= 4 is 5.78 Å². The Morgan fingerprint density at radius 1 is 1.59 bits per heavy atom. The van der Waals surface area contributed by atoms with Gasteiger partial charge in [0.05, 0.1) is 6.42 Å². The fourth-order valence-electron chi connectivity index (χ4n) is 2.50. The molecule has 1 aliphatic heterocycles. The normalized spacial score (nSPS) is 24.1. The molecule has 5 nitrogen and oxygen atoms in total. The predicted molar refractivity (Wildman–Crippen MR) is 64.6 cm³/mol. The smallest absolute Gasteiger partial charge is 0.147 e. The molecule has 2 heterocycles. The molecule has 1 saturated heterocycles. The molecular formula is C12H20N4O. The number of carbonyl (C=O) groups excluding carboxylic acids is 1. The highest BCUT2D eigenvalue weighted by molar-refractivity contribution is 5.86. The summed E-state index contributed by atoms with van der Waals surface area (Å²) >= 11 is 0. The minimum Gasteiger partial charge on any atom is -0.316 e. The minimum atomic E-state index is -0.176. The van der Waals surface area contributed by atoms with Gasteiger partial charge in [0.2, 0.25) is 0 Å². The Bertz CT molecular complexity index is 393. The number of nitrogens with one attached hydrogen (secondary N) is 1. The number of ketones is 1. The fourth-order valence-corrected chi connectivity index (χ4v) is 2.50. The van der Waals surface area contributed by atoms with Crippen LogP contribution in [0.25, 0.3) is 0 Å². The third-order valence-corrected chi connectivity index (χ3v) is 3.83. The Labute approximate surface area is 102 Å². The van der Waals surface area contributed by atoms with Gasteiger partial charge in [-0.15, -0.1) is 0 Å². The van der Waals surface area contributed by atoms with Gasteiger partial charge in [0, 0.05) is 18.5 Å². The summed E-state index contributed by atoms with van der Waals surface area (Å²) in [7, 11) is 0. The summed E-state index contributed by atoms with van der Waals surface area (Å²) in [6.07, 6.45) is 3.78. The highest BCUT2D eigenvalue weighted by Gasteiger charge is 2.39. The van der Waals surface area contributed by atoms with E-state index in [4.69, 9.17) is 0 Å². The van der Waals surface area contributed by atoms with Gasteiger partial charge in [0.25, 0.3) is 0 Å². The van der Waals surface area contributed by atoms with Crippen LogP contribution in [0, 0.1) is 5.41 Å². The van der Waals surface area contributed by atoms with E-state index < -0.39 is 0 Å². The second kappa shape index (κ2) is 4.96. The zero-order chi connectivity index (χ0) is 12.3. The lowest BCUT2D eigenvalue weighted by Crippen LogP contribution is -2.34. The van der Waals surface area contributed by atoms with Crippen LogP contribution in [0.1, 0.15) is 32.5 Å². The lowest BCUT2D eigenvalue weighted by atomic mass is 9.78. The Kier molecular flexibility index (Phi) is 3.57. The molecule has 1 aromatic heterocycles. The minimum absolute atomic E-state index is 0.176.